The molecular formula is C9H7F2NO. The van der Waals surface area contributed by atoms with Gasteiger partial charge in [-0.1, -0.05) is 0 Å². The van der Waals surface area contributed by atoms with Gasteiger partial charge in [-0.2, -0.15) is 0 Å². The van der Waals surface area contributed by atoms with Crippen molar-refractivity contribution in [2.24, 2.45) is 5.73 Å². The molecule has 0 saturated heterocycles. The van der Waals surface area contributed by atoms with Gasteiger partial charge in [0.05, 0.1) is 0 Å². The summed E-state index contributed by atoms with van der Waals surface area (Å²) in [4.78, 5) is 11.2. The van der Waals surface area contributed by atoms with E-state index < -0.39 is 17.7 Å². The first-order valence-corrected chi connectivity index (χ1v) is 3.87. The molecule has 0 bridgehead atoms. The Morgan fingerprint density at radius 2 is 1.92 bits per heavy atom. The molecule has 1 atom stereocenters. The van der Waals surface area contributed by atoms with Crippen LogP contribution in [0.25, 0.3) is 0 Å². The summed E-state index contributed by atoms with van der Waals surface area (Å²) in [5.41, 5.74) is 6.17. The molecule has 0 saturated carbocycles. The summed E-state index contributed by atoms with van der Waals surface area (Å²) in [6.07, 6.45) is 0.137. The minimum atomic E-state index is -0.999. The fraction of sp³-hybridized carbons (Fsp3) is 0.222. The highest BCUT2D eigenvalue weighted by atomic mass is 19.2. The second kappa shape index (κ2) is 2.60. The van der Waals surface area contributed by atoms with E-state index in [9.17, 15) is 13.6 Å². The molecule has 1 aliphatic rings. The number of carbonyl (C=O) groups excluding carboxylic acids is 1. The third kappa shape index (κ3) is 1.14. The summed E-state index contributed by atoms with van der Waals surface area (Å²) in [5, 5.41) is 0. The lowest BCUT2D eigenvalue weighted by Gasteiger charge is -2.02. The van der Waals surface area contributed by atoms with Gasteiger partial charge < -0.3 is 5.73 Å². The maximum atomic E-state index is 12.7. The molecule has 2 N–H and O–H groups in total. The van der Waals surface area contributed by atoms with E-state index in [4.69, 9.17) is 5.73 Å². The van der Waals surface area contributed by atoms with Crippen LogP contribution in [0.2, 0.25) is 0 Å². The summed E-state index contributed by atoms with van der Waals surface area (Å²) in [5.74, 6) is -2.17. The third-order valence-corrected chi connectivity index (χ3v) is 2.20. The van der Waals surface area contributed by atoms with Gasteiger partial charge in [-0.15, -0.1) is 0 Å². The van der Waals surface area contributed by atoms with Crippen LogP contribution in [-0.2, 0) is 0 Å². The number of hydrogen-bond donors (Lipinski definition) is 1. The van der Waals surface area contributed by atoms with Crippen molar-refractivity contribution in [2.45, 2.75) is 12.5 Å². The van der Waals surface area contributed by atoms with Crippen molar-refractivity contribution in [3.63, 3.8) is 0 Å². The Bertz CT molecular complexity index is 389. The number of hydrogen-bond acceptors (Lipinski definition) is 2. The highest BCUT2D eigenvalue weighted by molar-refractivity contribution is 6.01. The second-order valence-corrected chi connectivity index (χ2v) is 3.09. The standard InChI is InChI=1S/C9H7F2NO/c10-6-1-4-5(2-7(6)11)9(13)3-8(4)12/h1-2,8H,3,12H2. The van der Waals surface area contributed by atoms with Crippen LogP contribution in [0, 0.1) is 11.6 Å². The molecule has 1 aromatic carbocycles. The van der Waals surface area contributed by atoms with Gasteiger partial charge in [-0.3, -0.25) is 4.79 Å². The zero-order chi connectivity index (χ0) is 9.59. The molecule has 0 fully saturated rings. The first-order valence-electron chi connectivity index (χ1n) is 3.87. The van der Waals surface area contributed by atoms with Crippen LogP contribution in [0.3, 0.4) is 0 Å². The van der Waals surface area contributed by atoms with Crippen LogP contribution in [0.5, 0.6) is 0 Å². The lowest BCUT2D eigenvalue weighted by Crippen LogP contribution is -2.06. The molecular weight excluding hydrogens is 176 g/mol. The van der Waals surface area contributed by atoms with Crippen LogP contribution in [-0.4, -0.2) is 5.78 Å². The number of rotatable bonds is 0. The van der Waals surface area contributed by atoms with Gasteiger partial charge in [0, 0.05) is 18.0 Å². The van der Waals surface area contributed by atoms with E-state index in [2.05, 4.69) is 0 Å². The van der Waals surface area contributed by atoms with Gasteiger partial charge in [0.2, 0.25) is 0 Å². The molecule has 0 amide bonds. The maximum Gasteiger partial charge on any atom is 0.165 e. The van der Waals surface area contributed by atoms with Crippen LogP contribution in [0.1, 0.15) is 28.4 Å². The minimum Gasteiger partial charge on any atom is -0.324 e. The topological polar surface area (TPSA) is 43.1 Å². The number of halogens is 2. The molecule has 2 rings (SSSR count). The number of ketones is 1. The minimum absolute atomic E-state index is 0.137. The van der Waals surface area contributed by atoms with E-state index in [-0.39, 0.29) is 17.8 Å². The highest BCUT2D eigenvalue weighted by Gasteiger charge is 2.28. The molecule has 0 aliphatic heterocycles. The fourth-order valence-electron chi connectivity index (χ4n) is 1.53. The Morgan fingerprint density at radius 3 is 2.62 bits per heavy atom. The van der Waals surface area contributed by atoms with E-state index in [1.807, 2.05) is 0 Å². The Hall–Kier alpha value is -1.29. The Kier molecular flexibility index (Phi) is 1.66. The average molecular weight is 183 g/mol. The van der Waals surface area contributed by atoms with Crippen molar-refractivity contribution in [1.82, 2.24) is 0 Å². The van der Waals surface area contributed by atoms with Crippen molar-refractivity contribution in [3.05, 3.63) is 34.9 Å². The molecule has 1 unspecified atom stereocenters. The predicted molar refractivity (Wildman–Crippen MR) is 42.2 cm³/mol. The first kappa shape index (κ1) is 8.31. The summed E-state index contributed by atoms with van der Waals surface area (Å²) in [6, 6.07) is 1.43. The quantitative estimate of drug-likeness (QED) is 0.663. The molecule has 0 spiro atoms. The summed E-state index contributed by atoms with van der Waals surface area (Å²) in [7, 11) is 0. The Morgan fingerprint density at radius 1 is 1.31 bits per heavy atom. The van der Waals surface area contributed by atoms with E-state index in [1.54, 1.807) is 0 Å². The average Bonchev–Trinajstić information content (AvgIpc) is 2.31. The van der Waals surface area contributed by atoms with E-state index >= 15 is 0 Å². The smallest absolute Gasteiger partial charge is 0.165 e. The number of benzene rings is 1. The molecule has 2 nitrogen and oxygen atoms in total. The molecule has 0 aromatic heterocycles. The van der Waals surface area contributed by atoms with Crippen LogP contribution < -0.4 is 5.73 Å². The zero-order valence-corrected chi connectivity index (χ0v) is 6.68. The van der Waals surface area contributed by atoms with Crippen molar-refractivity contribution in [3.8, 4) is 0 Å². The summed E-state index contributed by atoms with van der Waals surface area (Å²) >= 11 is 0. The van der Waals surface area contributed by atoms with Gasteiger partial charge in [0.15, 0.2) is 17.4 Å². The zero-order valence-electron chi connectivity index (χ0n) is 6.68. The summed E-state index contributed by atoms with van der Waals surface area (Å²) < 4.78 is 25.4. The molecule has 1 aliphatic carbocycles. The van der Waals surface area contributed by atoms with Gasteiger partial charge in [-0.05, 0) is 17.7 Å². The van der Waals surface area contributed by atoms with Crippen molar-refractivity contribution < 1.29 is 13.6 Å². The number of Topliss-reactive ketones (excluding diaryl/α,β-unsaturated/α-hetero) is 1. The number of carbonyl (C=O) groups is 1. The van der Waals surface area contributed by atoms with Gasteiger partial charge in [-0.25, -0.2) is 8.78 Å². The number of nitrogens with two attached hydrogens (primary N) is 1. The van der Waals surface area contributed by atoms with Crippen molar-refractivity contribution >= 4 is 5.78 Å². The normalized spacial score (nSPS) is 20.5. The van der Waals surface area contributed by atoms with Crippen molar-refractivity contribution in [1.29, 1.82) is 0 Å². The largest absolute Gasteiger partial charge is 0.324 e. The Labute approximate surface area is 73.4 Å². The molecule has 1 aromatic rings. The van der Waals surface area contributed by atoms with Crippen LogP contribution in [0.15, 0.2) is 12.1 Å². The molecule has 13 heavy (non-hydrogen) atoms. The third-order valence-electron chi connectivity index (χ3n) is 2.20. The lowest BCUT2D eigenvalue weighted by molar-refractivity contribution is 0.0989. The fourth-order valence-corrected chi connectivity index (χ4v) is 1.53. The van der Waals surface area contributed by atoms with Crippen LogP contribution in [0.4, 0.5) is 8.78 Å². The maximum absolute atomic E-state index is 12.7. The van der Waals surface area contributed by atoms with Gasteiger partial charge >= 0.3 is 0 Å². The monoisotopic (exact) mass is 183 g/mol. The predicted octanol–water partition coefficient (Wildman–Crippen LogP) is 1.55. The second-order valence-electron chi connectivity index (χ2n) is 3.09. The molecule has 68 valence electrons. The van der Waals surface area contributed by atoms with E-state index in [0.717, 1.165) is 12.1 Å². The Balaban J connectivity index is 2.65. The van der Waals surface area contributed by atoms with E-state index in [1.165, 1.54) is 0 Å². The molecule has 4 heteroatoms. The first-order chi connectivity index (χ1) is 6.09. The SMILES string of the molecule is NC1CC(=O)c2cc(F)c(F)cc21. The molecule has 0 heterocycles. The highest BCUT2D eigenvalue weighted by Crippen LogP contribution is 2.30. The van der Waals surface area contributed by atoms with Crippen molar-refractivity contribution in [2.75, 3.05) is 0 Å². The summed E-state index contributed by atoms with van der Waals surface area (Å²) in [6.45, 7) is 0. The molecule has 0 radical (unpaired) electrons. The van der Waals surface area contributed by atoms with Gasteiger partial charge in [0.1, 0.15) is 0 Å². The lowest BCUT2D eigenvalue weighted by atomic mass is 10.1. The van der Waals surface area contributed by atoms with E-state index in [0.29, 0.717) is 5.56 Å². The van der Waals surface area contributed by atoms with Crippen LogP contribution >= 0.6 is 0 Å². The number of fused-ring (bicyclic) bond motifs is 1. The van der Waals surface area contributed by atoms with Gasteiger partial charge in [0.25, 0.3) is 0 Å².